The Morgan fingerprint density at radius 2 is 2.00 bits per heavy atom. The zero-order valence-corrected chi connectivity index (χ0v) is 13.3. The smallest absolute Gasteiger partial charge is 0.273 e. The average Bonchev–Trinajstić information content (AvgIpc) is 2.59. The monoisotopic (exact) mass is 337 g/mol. The molecule has 1 aromatic carbocycles. The van der Waals surface area contributed by atoms with Crippen molar-refractivity contribution in [3.05, 3.63) is 28.3 Å². The van der Waals surface area contributed by atoms with Crippen molar-refractivity contribution in [3.8, 4) is 11.5 Å². The number of nitrogens with zero attached hydrogens (tertiary/aromatic N) is 2. The summed E-state index contributed by atoms with van der Waals surface area (Å²) in [5.41, 5.74) is 5.11. The van der Waals surface area contributed by atoms with E-state index in [-0.39, 0.29) is 35.8 Å². The number of nitrogens with two attached hydrogens (primary N) is 1. The number of rotatable bonds is 6. The summed E-state index contributed by atoms with van der Waals surface area (Å²) in [6.45, 7) is 0.600. The number of amides is 2. The second kappa shape index (κ2) is 7.62. The minimum Gasteiger partial charge on any atom is -0.493 e. The molecule has 1 fully saturated rings. The number of primary amides is 1. The van der Waals surface area contributed by atoms with E-state index < -0.39 is 4.92 Å². The number of benzene rings is 1. The van der Waals surface area contributed by atoms with E-state index in [1.807, 2.05) is 0 Å². The van der Waals surface area contributed by atoms with Crippen LogP contribution in [-0.4, -0.2) is 48.4 Å². The molecule has 1 aliphatic heterocycles. The molecule has 130 valence electrons. The molecule has 0 radical (unpaired) electrons. The molecule has 2 N–H and O–H groups in total. The van der Waals surface area contributed by atoms with Gasteiger partial charge in [-0.2, -0.15) is 0 Å². The van der Waals surface area contributed by atoms with Crippen molar-refractivity contribution >= 4 is 17.5 Å². The van der Waals surface area contributed by atoms with Crippen molar-refractivity contribution in [2.45, 2.75) is 12.8 Å². The Kier molecular flexibility index (Phi) is 5.56. The standard InChI is InChI=1S/C15H19N3O6/c1-23-12-3-2-11(18(21)22)8-13(12)24-9-14(19)17-6-4-10(5-7-17)15(16)20/h2-3,8,10H,4-7,9H2,1H3,(H2,16,20). The Morgan fingerprint density at radius 3 is 2.54 bits per heavy atom. The highest BCUT2D eigenvalue weighted by Crippen LogP contribution is 2.31. The minimum absolute atomic E-state index is 0.132. The summed E-state index contributed by atoms with van der Waals surface area (Å²) >= 11 is 0. The lowest BCUT2D eigenvalue weighted by atomic mass is 9.96. The quantitative estimate of drug-likeness (QED) is 0.602. The number of ether oxygens (including phenoxy) is 2. The summed E-state index contributed by atoms with van der Waals surface area (Å²) in [7, 11) is 1.41. The molecule has 2 amide bonds. The summed E-state index contributed by atoms with van der Waals surface area (Å²) in [4.78, 5) is 35.2. The molecule has 0 saturated carbocycles. The highest BCUT2D eigenvalue weighted by Gasteiger charge is 2.26. The zero-order chi connectivity index (χ0) is 17.7. The third-order valence-electron chi connectivity index (χ3n) is 3.96. The molecule has 0 spiro atoms. The fraction of sp³-hybridized carbons (Fsp3) is 0.467. The molecule has 0 atom stereocenters. The van der Waals surface area contributed by atoms with E-state index >= 15 is 0 Å². The first-order valence-electron chi connectivity index (χ1n) is 7.44. The van der Waals surface area contributed by atoms with Crippen LogP contribution in [-0.2, 0) is 9.59 Å². The molecular weight excluding hydrogens is 318 g/mol. The van der Waals surface area contributed by atoms with Crippen molar-refractivity contribution in [1.82, 2.24) is 4.90 Å². The molecule has 2 rings (SSSR count). The largest absolute Gasteiger partial charge is 0.493 e. The number of piperidine rings is 1. The van der Waals surface area contributed by atoms with Crippen molar-refractivity contribution in [3.63, 3.8) is 0 Å². The van der Waals surface area contributed by atoms with Gasteiger partial charge < -0.3 is 20.1 Å². The van der Waals surface area contributed by atoms with Crippen molar-refractivity contribution in [1.29, 1.82) is 0 Å². The van der Waals surface area contributed by atoms with Gasteiger partial charge in [-0.25, -0.2) is 0 Å². The number of hydrogen-bond donors (Lipinski definition) is 1. The van der Waals surface area contributed by atoms with E-state index in [0.29, 0.717) is 31.7 Å². The lowest BCUT2D eigenvalue weighted by molar-refractivity contribution is -0.385. The normalized spacial score (nSPS) is 15.0. The predicted molar refractivity (Wildman–Crippen MR) is 83.6 cm³/mol. The Hall–Kier alpha value is -2.84. The molecule has 1 aromatic rings. The van der Waals surface area contributed by atoms with Gasteiger partial charge in [0, 0.05) is 25.1 Å². The molecule has 9 nitrogen and oxygen atoms in total. The zero-order valence-electron chi connectivity index (χ0n) is 13.3. The number of nitro groups is 1. The van der Waals surface area contributed by atoms with E-state index in [4.69, 9.17) is 15.2 Å². The van der Waals surface area contributed by atoms with E-state index in [1.165, 1.54) is 25.3 Å². The van der Waals surface area contributed by atoms with Crippen LogP contribution in [0.15, 0.2) is 18.2 Å². The fourth-order valence-corrected chi connectivity index (χ4v) is 2.54. The van der Waals surface area contributed by atoms with E-state index in [9.17, 15) is 19.7 Å². The van der Waals surface area contributed by atoms with Crippen molar-refractivity contribution in [2.75, 3.05) is 26.8 Å². The van der Waals surface area contributed by atoms with Crippen LogP contribution in [0, 0.1) is 16.0 Å². The highest BCUT2D eigenvalue weighted by atomic mass is 16.6. The third kappa shape index (κ3) is 4.12. The molecule has 24 heavy (non-hydrogen) atoms. The topological polar surface area (TPSA) is 125 Å². The summed E-state index contributed by atoms with van der Waals surface area (Å²) in [5, 5.41) is 10.8. The van der Waals surface area contributed by atoms with Gasteiger partial charge in [-0.3, -0.25) is 19.7 Å². The molecule has 0 aromatic heterocycles. The van der Waals surface area contributed by atoms with Gasteiger partial charge in [0.25, 0.3) is 11.6 Å². The number of carbonyl (C=O) groups is 2. The Labute approximate surface area is 138 Å². The fourth-order valence-electron chi connectivity index (χ4n) is 2.54. The van der Waals surface area contributed by atoms with Crippen LogP contribution >= 0.6 is 0 Å². The van der Waals surface area contributed by atoms with E-state index in [1.54, 1.807) is 4.90 Å². The minimum atomic E-state index is -0.553. The first-order valence-corrected chi connectivity index (χ1v) is 7.44. The van der Waals surface area contributed by atoms with E-state index in [2.05, 4.69) is 0 Å². The number of hydrogen-bond acceptors (Lipinski definition) is 6. The maximum Gasteiger partial charge on any atom is 0.273 e. The van der Waals surface area contributed by atoms with Crippen LogP contribution in [0.2, 0.25) is 0 Å². The second-order valence-electron chi connectivity index (χ2n) is 5.44. The molecular formula is C15H19N3O6. The average molecular weight is 337 g/mol. The Morgan fingerprint density at radius 1 is 1.33 bits per heavy atom. The lowest BCUT2D eigenvalue weighted by Gasteiger charge is -2.30. The lowest BCUT2D eigenvalue weighted by Crippen LogP contribution is -2.43. The Balaban J connectivity index is 1.95. The number of nitro benzene ring substituents is 1. The first kappa shape index (κ1) is 17.5. The highest BCUT2D eigenvalue weighted by molar-refractivity contribution is 5.79. The van der Waals surface area contributed by atoms with Crippen molar-refractivity contribution < 1.29 is 24.0 Å². The van der Waals surface area contributed by atoms with Crippen molar-refractivity contribution in [2.24, 2.45) is 11.7 Å². The summed E-state index contributed by atoms with van der Waals surface area (Å²) < 4.78 is 10.5. The number of non-ortho nitro benzene ring substituents is 1. The molecule has 1 saturated heterocycles. The van der Waals surface area contributed by atoms with Gasteiger partial charge in [-0.15, -0.1) is 0 Å². The predicted octanol–water partition coefficient (Wildman–Crippen LogP) is 0.706. The second-order valence-corrected chi connectivity index (χ2v) is 5.44. The maximum atomic E-state index is 12.2. The van der Waals surface area contributed by atoms with Gasteiger partial charge in [0.15, 0.2) is 18.1 Å². The Bertz CT molecular complexity index is 640. The molecule has 0 bridgehead atoms. The van der Waals surface area contributed by atoms with Gasteiger partial charge >= 0.3 is 0 Å². The van der Waals surface area contributed by atoms with Gasteiger partial charge in [0.05, 0.1) is 18.1 Å². The van der Waals surface area contributed by atoms with E-state index in [0.717, 1.165) is 0 Å². The molecule has 1 heterocycles. The number of methoxy groups -OCH3 is 1. The van der Waals surface area contributed by atoms with Crippen LogP contribution < -0.4 is 15.2 Å². The summed E-state index contributed by atoms with van der Waals surface area (Å²) in [5.74, 6) is -0.370. The summed E-state index contributed by atoms with van der Waals surface area (Å²) in [6, 6.07) is 3.92. The van der Waals surface area contributed by atoms with Gasteiger partial charge in [0.1, 0.15) is 0 Å². The maximum absolute atomic E-state index is 12.2. The molecule has 1 aliphatic rings. The SMILES string of the molecule is COc1ccc([N+](=O)[O-])cc1OCC(=O)N1CCC(C(N)=O)CC1. The van der Waals surface area contributed by atoms with Crippen LogP contribution in [0.25, 0.3) is 0 Å². The summed E-state index contributed by atoms with van der Waals surface area (Å²) in [6.07, 6.45) is 1.06. The van der Waals surface area contributed by atoms with Crippen LogP contribution in [0.5, 0.6) is 11.5 Å². The number of carbonyl (C=O) groups excluding carboxylic acids is 2. The molecule has 0 aliphatic carbocycles. The van der Waals surface area contributed by atoms with Crippen LogP contribution in [0.1, 0.15) is 12.8 Å². The number of likely N-dealkylation sites (tertiary alicyclic amines) is 1. The van der Waals surface area contributed by atoms with Gasteiger partial charge in [0.2, 0.25) is 5.91 Å². The van der Waals surface area contributed by atoms with Gasteiger partial charge in [-0.1, -0.05) is 0 Å². The first-order chi connectivity index (χ1) is 11.4. The third-order valence-corrected chi connectivity index (χ3v) is 3.96. The molecule has 0 unspecified atom stereocenters. The van der Waals surface area contributed by atoms with Crippen LogP contribution in [0.3, 0.4) is 0 Å². The van der Waals surface area contributed by atoms with Gasteiger partial charge in [-0.05, 0) is 18.9 Å². The molecule has 9 heteroatoms. The van der Waals surface area contributed by atoms with Crippen LogP contribution in [0.4, 0.5) is 5.69 Å².